The molecule has 0 aliphatic carbocycles. The van der Waals surface area contributed by atoms with E-state index in [0.717, 1.165) is 23.3 Å². The molecular formula is C22H24N4O4. The normalized spacial score (nSPS) is 11.1. The fourth-order valence-electron chi connectivity index (χ4n) is 2.93. The van der Waals surface area contributed by atoms with E-state index in [-0.39, 0.29) is 0 Å². The van der Waals surface area contributed by atoms with Crippen molar-refractivity contribution in [2.24, 2.45) is 0 Å². The van der Waals surface area contributed by atoms with Gasteiger partial charge < -0.3 is 23.3 Å². The Balaban J connectivity index is 1.15. The van der Waals surface area contributed by atoms with Crippen LogP contribution in [0, 0.1) is 0 Å². The molecular weight excluding hydrogens is 384 g/mol. The van der Waals surface area contributed by atoms with Gasteiger partial charge >= 0.3 is 0 Å². The highest BCUT2D eigenvalue weighted by atomic mass is 16.5. The first kappa shape index (κ1) is 19.9. The maximum absolute atomic E-state index is 5.85. The van der Waals surface area contributed by atoms with Crippen LogP contribution in [0.15, 0.2) is 63.8 Å². The second kappa shape index (κ2) is 9.89. The van der Waals surface area contributed by atoms with Crippen molar-refractivity contribution in [3.8, 4) is 5.75 Å². The van der Waals surface area contributed by atoms with Crippen molar-refractivity contribution < 1.29 is 18.4 Å². The average molecular weight is 408 g/mol. The molecule has 0 saturated heterocycles. The van der Waals surface area contributed by atoms with Gasteiger partial charge in [-0.05, 0) is 36.2 Å². The van der Waals surface area contributed by atoms with Gasteiger partial charge in [0.2, 0.25) is 5.89 Å². The van der Waals surface area contributed by atoms with Gasteiger partial charge in [0, 0.05) is 7.05 Å². The summed E-state index contributed by atoms with van der Waals surface area (Å²) in [7, 11) is 1.94. The van der Waals surface area contributed by atoms with E-state index in [2.05, 4.69) is 27.3 Å². The van der Waals surface area contributed by atoms with Crippen LogP contribution in [0.3, 0.4) is 0 Å². The lowest BCUT2D eigenvalue weighted by Crippen LogP contribution is -2.23. The SMILES string of the molecule is CN(CCOc1ccc(CCOCCc2ncno2)cc1)c1nc2ccccc2o1. The Hall–Kier alpha value is -3.39. The van der Waals surface area contributed by atoms with Crippen LogP contribution in [0.25, 0.3) is 11.1 Å². The summed E-state index contributed by atoms with van der Waals surface area (Å²) in [6.45, 7) is 2.41. The zero-order valence-electron chi connectivity index (χ0n) is 16.9. The van der Waals surface area contributed by atoms with Gasteiger partial charge in [-0.3, -0.25) is 0 Å². The van der Waals surface area contributed by atoms with Crippen LogP contribution in [0.5, 0.6) is 5.75 Å². The molecule has 8 nitrogen and oxygen atoms in total. The fraction of sp³-hybridized carbons (Fsp3) is 0.318. The molecule has 0 bridgehead atoms. The summed E-state index contributed by atoms with van der Waals surface area (Å²) in [5.74, 6) is 1.43. The van der Waals surface area contributed by atoms with E-state index in [0.29, 0.717) is 44.7 Å². The van der Waals surface area contributed by atoms with Crippen molar-refractivity contribution in [2.75, 3.05) is 38.3 Å². The van der Waals surface area contributed by atoms with Gasteiger partial charge in [0.15, 0.2) is 11.9 Å². The Morgan fingerprint density at radius 1 is 0.967 bits per heavy atom. The van der Waals surface area contributed by atoms with Gasteiger partial charge in [-0.15, -0.1) is 0 Å². The largest absolute Gasteiger partial charge is 0.492 e. The predicted octanol–water partition coefficient (Wildman–Crippen LogP) is 3.53. The van der Waals surface area contributed by atoms with E-state index in [1.165, 1.54) is 11.9 Å². The van der Waals surface area contributed by atoms with Gasteiger partial charge in [0.1, 0.15) is 17.9 Å². The van der Waals surface area contributed by atoms with E-state index in [1.807, 2.05) is 48.3 Å². The van der Waals surface area contributed by atoms with Crippen LogP contribution >= 0.6 is 0 Å². The van der Waals surface area contributed by atoms with Crippen LogP contribution in [-0.4, -0.2) is 48.5 Å². The maximum Gasteiger partial charge on any atom is 0.298 e. The van der Waals surface area contributed by atoms with Gasteiger partial charge in [0.05, 0.1) is 26.2 Å². The molecule has 2 heterocycles. The van der Waals surface area contributed by atoms with E-state index >= 15 is 0 Å². The number of oxazole rings is 1. The van der Waals surface area contributed by atoms with Crippen LogP contribution in [0.4, 0.5) is 6.01 Å². The van der Waals surface area contributed by atoms with Crippen molar-refractivity contribution in [3.05, 3.63) is 66.3 Å². The first-order chi connectivity index (χ1) is 14.8. The van der Waals surface area contributed by atoms with E-state index < -0.39 is 0 Å². The molecule has 0 spiro atoms. The summed E-state index contributed by atoms with van der Waals surface area (Å²) in [6, 6.07) is 16.4. The number of fused-ring (bicyclic) bond motifs is 1. The molecule has 0 aliphatic heterocycles. The molecule has 0 amide bonds. The Morgan fingerprint density at radius 2 is 1.80 bits per heavy atom. The lowest BCUT2D eigenvalue weighted by molar-refractivity contribution is 0.134. The number of para-hydroxylation sites is 2. The highest BCUT2D eigenvalue weighted by Gasteiger charge is 2.10. The molecule has 0 aliphatic rings. The molecule has 30 heavy (non-hydrogen) atoms. The second-order valence-electron chi connectivity index (χ2n) is 6.83. The summed E-state index contributed by atoms with van der Waals surface area (Å²) in [6.07, 6.45) is 2.86. The third-order valence-corrected chi connectivity index (χ3v) is 4.63. The van der Waals surface area contributed by atoms with Gasteiger partial charge in [-0.1, -0.05) is 29.4 Å². The van der Waals surface area contributed by atoms with E-state index in [1.54, 1.807) is 0 Å². The molecule has 4 rings (SSSR count). The predicted molar refractivity (Wildman–Crippen MR) is 112 cm³/mol. The summed E-state index contributed by atoms with van der Waals surface area (Å²) < 4.78 is 22.2. The Morgan fingerprint density at radius 3 is 2.60 bits per heavy atom. The highest BCUT2D eigenvalue weighted by Crippen LogP contribution is 2.20. The van der Waals surface area contributed by atoms with Crippen molar-refractivity contribution in [3.63, 3.8) is 0 Å². The Labute approximate surface area is 174 Å². The molecule has 2 aromatic carbocycles. The van der Waals surface area contributed by atoms with Gasteiger partial charge in [-0.25, -0.2) is 0 Å². The third kappa shape index (κ3) is 5.36. The minimum atomic E-state index is 0.535. The smallest absolute Gasteiger partial charge is 0.298 e. The summed E-state index contributed by atoms with van der Waals surface area (Å²) >= 11 is 0. The Bertz CT molecular complexity index is 998. The minimum Gasteiger partial charge on any atom is -0.492 e. The molecule has 0 fully saturated rings. The molecule has 0 saturated carbocycles. The minimum absolute atomic E-state index is 0.535. The molecule has 0 unspecified atom stereocenters. The van der Waals surface area contributed by atoms with Crippen LogP contribution in [0.2, 0.25) is 0 Å². The number of anilines is 1. The fourth-order valence-corrected chi connectivity index (χ4v) is 2.93. The monoisotopic (exact) mass is 408 g/mol. The number of aromatic nitrogens is 3. The van der Waals surface area contributed by atoms with Crippen LogP contribution in [0.1, 0.15) is 11.5 Å². The molecule has 8 heteroatoms. The third-order valence-electron chi connectivity index (χ3n) is 4.63. The maximum atomic E-state index is 5.85. The number of hydrogen-bond acceptors (Lipinski definition) is 8. The molecule has 0 N–H and O–H groups in total. The first-order valence-corrected chi connectivity index (χ1v) is 9.90. The van der Waals surface area contributed by atoms with Crippen molar-refractivity contribution in [1.82, 2.24) is 15.1 Å². The molecule has 156 valence electrons. The zero-order valence-corrected chi connectivity index (χ0v) is 16.9. The average Bonchev–Trinajstić information content (AvgIpc) is 3.44. The lowest BCUT2D eigenvalue weighted by atomic mass is 10.1. The lowest BCUT2D eigenvalue weighted by Gasteiger charge is -2.15. The summed E-state index contributed by atoms with van der Waals surface area (Å²) in [5.41, 5.74) is 2.84. The van der Waals surface area contributed by atoms with Crippen LogP contribution in [-0.2, 0) is 17.6 Å². The number of hydrogen-bond donors (Lipinski definition) is 0. The second-order valence-corrected chi connectivity index (χ2v) is 6.83. The highest BCUT2D eigenvalue weighted by molar-refractivity contribution is 5.74. The van der Waals surface area contributed by atoms with Crippen molar-refractivity contribution in [2.45, 2.75) is 12.8 Å². The van der Waals surface area contributed by atoms with Crippen LogP contribution < -0.4 is 9.64 Å². The van der Waals surface area contributed by atoms with E-state index in [4.69, 9.17) is 18.4 Å². The molecule has 2 aromatic heterocycles. The number of benzene rings is 2. The first-order valence-electron chi connectivity index (χ1n) is 9.90. The molecule has 4 aromatic rings. The topological polar surface area (TPSA) is 86.7 Å². The summed E-state index contributed by atoms with van der Waals surface area (Å²) in [4.78, 5) is 10.4. The molecule has 0 radical (unpaired) electrons. The number of likely N-dealkylation sites (N-methyl/N-ethyl adjacent to an activating group) is 1. The van der Waals surface area contributed by atoms with Crippen molar-refractivity contribution >= 4 is 17.1 Å². The standard InChI is InChI=1S/C22H24N4O4/c1-26(22-25-19-4-2-3-5-20(19)29-22)12-15-28-18-8-6-17(7-9-18)10-13-27-14-11-21-23-16-24-30-21/h2-9,16H,10-15H2,1H3. The zero-order chi connectivity index (χ0) is 20.6. The quantitative estimate of drug-likeness (QED) is 0.348. The van der Waals surface area contributed by atoms with Crippen molar-refractivity contribution in [1.29, 1.82) is 0 Å². The number of rotatable bonds is 11. The van der Waals surface area contributed by atoms with Gasteiger partial charge in [0.25, 0.3) is 6.01 Å². The van der Waals surface area contributed by atoms with Gasteiger partial charge in [-0.2, -0.15) is 9.97 Å². The number of nitrogens with zero attached hydrogens (tertiary/aromatic N) is 4. The number of ether oxygens (including phenoxy) is 2. The van der Waals surface area contributed by atoms with E-state index in [9.17, 15) is 0 Å². The summed E-state index contributed by atoms with van der Waals surface area (Å²) in [5, 5.41) is 3.57. The molecule has 0 atom stereocenters. The Kier molecular flexibility index (Phi) is 6.56.